The molecule has 0 spiro atoms. The van der Waals surface area contributed by atoms with Crippen molar-refractivity contribution in [3.63, 3.8) is 0 Å². The summed E-state index contributed by atoms with van der Waals surface area (Å²) >= 11 is 0. The van der Waals surface area contributed by atoms with Crippen molar-refractivity contribution in [1.82, 2.24) is 0 Å². The van der Waals surface area contributed by atoms with Gasteiger partial charge in [0.1, 0.15) is 0 Å². The van der Waals surface area contributed by atoms with Crippen molar-refractivity contribution < 1.29 is 32.6 Å². The first kappa shape index (κ1) is 24.0. The highest BCUT2D eigenvalue weighted by atomic mass is 31.3. The van der Waals surface area contributed by atoms with Gasteiger partial charge >= 0.3 is 15.6 Å². The molecule has 3 N–H and O–H groups in total. The summed E-state index contributed by atoms with van der Waals surface area (Å²) in [4.78, 5) is 26.0. The van der Waals surface area contributed by atoms with Crippen molar-refractivity contribution in [3.8, 4) is 0 Å². The lowest BCUT2D eigenvalue weighted by Crippen LogP contribution is -1.94. The minimum Gasteiger partial charge on any atom is -0.302 e. The molecule has 1 unspecified atom stereocenters. The van der Waals surface area contributed by atoms with Gasteiger partial charge in [-0.1, -0.05) is 69.9 Å². The molecule has 144 valence electrons. The van der Waals surface area contributed by atoms with Gasteiger partial charge in [-0.25, -0.2) is 9.13 Å². The Labute approximate surface area is 145 Å². The Kier molecular flexibility index (Phi) is 13.2. The molecule has 0 saturated carbocycles. The van der Waals surface area contributed by atoms with Gasteiger partial charge in [-0.3, -0.25) is 4.52 Å². The summed E-state index contributed by atoms with van der Waals surface area (Å²) in [5.41, 5.74) is 1.01. The van der Waals surface area contributed by atoms with E-state index >= 15 is 0 Å². The smallest absolute Gasteiger partial charge is 0.302 e. The molecule has 0 aromatic carbocycles. The van der Waals surface area contributed by atoms with Gasteiger partial charge in [0.05, 0.1) is 6.61 Å². The molecule has 1 atom stereocenters. The number of hydrogen-bond donors (Lipinski definition) is 3. The molecule has 9 heteroatoms. The fourth-order valence-electron chi connectivity index (χ4n) is 2.25. The van der Waals surface area contributed by atoms with Crippen LogP contribution in [0.3, 0.4) is 0 Å². The van der Waals surface area contributed by atoms with E-state index in [9.17, 15) is 9.13 Å². The molecular formula is C15H32O7P2. The highest BCUT2D eigenvalue weighted by Crippen LogP contribution is 2.57. The standard InChI is InChI=1S/C15H32O7P2/c1-3-4-5-6-7-8-9-10-11-12-15(2)13-14-21-24(19,20)22-23(16,17)18/h13H,3-12,14H2,1-2H3,(H,19,20)(H2,16,17,18)/b15-13+. The Hall–Kier alpha value is -0.0000000000000000416. The number of unbranched alkanes of at least 4 members (excludes halogenated alkanes) is 8. The van der Waals surface area contributed by atoms with Crippen LogP contribution in [0.2, 0.25) is 0 Å². The van der Waals surface area contributed by atoms with Crippen LogP contribution in [0.15, 0.2) is 11.6 Å². The Morgan fingerprint density at radius 2 is 1.42 bits per heavy atom. The monoisotopic (exact) mass is 386 g/mol. The maximum Gasteiger partial charge on any atom is 0.481 e. The second-order valence-electron chi connectivity index (χ2n) is 5.97. The minimum absolute atomic E-state index is 0.225. The average molecular weight is 386 g/mol. The lowest BCUT2D eigenvalue weighted by Gasteiger charge is -2.11. The van der Waals surface area contributed by atoms with Crippen molar-refractivity contribution in [1.29, 1.82) is 0 Å². The molecule has 0 amide bonds. The van der Waals surface area contributed by atoms with Crippen LogP contribution < -0.4 is 0 Å². The van der Waals surface area contributed by atoms with E-state index < -0.39 is 15.6 Å². The predicted molar refractivity (Wildman–Crippen MR) is 94.5 cm³/mol. The van der Waals surface area contributed by atoms with Crippen molar-refractivity contribution in [2.75, 3.05) is 6.61 Å². The minimum atomic E-state index is -5.05. The second-order valence-corrected chi connectivity index (χ2v) is 8.80. The molecule has 0 aliphatic heterocycles. The molecule has 0 aliphatic rings. The zero-order valence-electron chi connectivity index (χ0n) is 14.7. The molecule has 7 nitrogen and oxygen atoms in total. The lowest BCUT2D eigenvalue weighted by molar-refractivity contribution is 0.191. The number of phosphoric ester groups is 1. The van der Waals surface area contributed by atoms with Crippen LogP contribution in [0, 0.1) is 0 Å². The van der Waals surface area contributed by atoms with Crippen molar-refractivity contribution in [3.05, 3.63) is 11.6 Å². The van der Waals surface area contributed by atoms with E-state index in [4.69, 9.17) is 14.7 Å². The largest absolute Gasteiger partial charge is 0.481 e. The maximum atomic E-state index is 11.2. The Bertz CT molecular complexity index is 445. The summed E-state index contributed by atoms with van der Waals surface area (Å²) in [6.45, 7) is 3.88. The summed E-state index contributed by atoms with van der Waals surface area (Å²) < 4.78 is 29.9. The first-order valence-corrected chi connectivity index (χ1v) is 11.6. The molecule has 0 saturated heterocycles. The number of hydrogen-bond acceptors (Lipinski definition) is 4. The van der Waals surface area contributed by atoms with Gasteiger partial charge in [0.2, 0.25) is 0 Å². The van der Waals surface area contributed by atoms with Crippen molar-refractivity contribution >= 4 is 15.6 Å². The van der Waals surface area contributed by atoms with Crippen molar-refractivity contribution in [2.24, 2.45) is 0 Å². The van der Waals surface area contributed by atoms with E-state index in [1.807, 2.05) is 6.92 Å². The van der Waals surface area contributed by atoms with E-state index in [1.165, 1.54) is 44.9 Å². The summed E-state index contributed by atoms with van der Waals surface area (Å²) in [7, 11) is -9.78. The summed E-state index contributed by atoms with van der Waals surface area (Å²) in [6.07, 6.45) is 13.7. The second kappa shape index (κ2) is 13.2. The van der Waals surface area contributed by atoms with Crippen LogP contribution in [-0.4, -0.2) is 21.3 Å². The third-order valence-corrected chi connectivity index (χ3v) is 5.71. The molecule has 0 radical (unpaired) electrons. The number of allylic oxidation sites excluding steroid dienone is 1. The fraction of sp³-hybridized carbons (Fsp3) is 0.867. The van der Waals surface area contributed by atoms with E-state index in [2.05, 4.69) is 15.8 Å². The SMILES string of the molecule is CCCCCCCCCCC/C(C)=C/COP(=O)(O)OP(=O)(O)O. The van der Waals surface area contributed by atoms with Gasteiger partial charge in [-0.15, -0.1) is 0 Å². The zero-order chi connectivity index (χ0) is 18.5. The third kappa shape index (κ3) is 16.8. The van der Waals surface area contributed by atoms with Gasteiger partial charge in [0.25, 0.3) is 0 Å². The zero-order valence-corrected chi connectivity index (χ0v) is 16.5. The lowest BCUT2D eigenvalue weighted by atomic mass is 10.0. The van der Waals surface area contributed by atoms with Crippen LogP contribution in [0.25, 0.3) is 0 Å². The maximum absolute atomic E-state index is 11.2. The predicted octanol–water partition coefficient (Wildman–Crippen LogP) is 5.08. The molecule has 0 bridgehead atoms. The topological polar surface area (TPSA) is 113 Å². The van der Waals surface area contributed by atoms with Gasteiger partial charge in [-0.05, 0) is 19.8 Å². The molecule has 0 rings (SSSR count). The number of phosphoric acid groups is 2. The Morgan fingerprint density at radius 1 is 0.917 bits per heavy atom. The first-order valence-electron chi connectivity index (χ1n) is 8.56. The molecule has 0 aromatic heterocycles. The van der Waals surface area contributed by atoms with Gasteiger partial charge in [0.15, 0.2) is 0 Å². The molecule has 24 heavy (non-hydrogen) atoms. The fourth-order valence-corrected chi connectivity index (χ4v) is 3.78. The van der Waals surface area contributed by atoms with Crippen molar-refractivity contribution in [2.45, 2.75) is 78.1 Å². The van der Waals surface area contributed by atoms with Crippen LogP contribution in [0.1, 0.15) is 78.1 Å². The van der Waals surface area contributed by atoms with Crippen LogP contribution in [0.5, 0.6) is 0 Å². The summed E-state index contributed by atoms with van der Waals surface area (Å²) in [5.74, 6) is 0. The van der Waals surface area contributed by atoms with E-state index in [0.29, 0.717) is 0 Å². The normalized spacial score (nSPS) is 15.5. The van der Waals surface area contributed by atoms with Crippen LogP contribution in [-0.2, 0) is 18.0 Å². The van der Waals surface area contributed by atoms with Gasteiger partial charge < -0.3 is 14.7 Å². The molecule has 0 aromatic rings. The highest BCUT2D eigenvalue weighted by molar-refractivity contribution is 7.60. The van der Waals surface area contributed by atoms with Gasteiger partial charge in [-0.2, -0.15) is 4.31 Å². The van der Waals surface area contributed by atoms with E-state index in [-0.39, 0.29) is 6.61 Å². The Balaban J connectivity index is 3.70. The van der Waals surface area contributed by atoms with Crippen LogP contribution >= 0.6 is 15.6 Å². The highest BCUT2D eigenvalue weighted by Gasteiger charge is 2.31. The molecule has 0 fully saturated rings. The van der Waals surface area contributed by atoms with Crippen LogP contribution in [0.4, 0.5) is 0 Å². The van der Waals surface area contributed by atoms with E-state index in [0.717, 1.165) is 24.8 Å². The third-order valence-electron chi connectivity index (χ3n) is 3.55. The quantitative estimate of drug-likeness (QED) is 0.204. The van der Waals surface area contributed by atoms with Gasteiger partial charge in [0, 0.05) is 0 Å². The average Bonchev–Trinajstić information content (AvgIpc) is 2.42. The molecular weight excluding hydrogens is 354 g/mol. The number of rotatable bonds is 15. The molecule has 0 heterocycles. The van der Waals surface area contributed by atoms with E-state index in [1.54, 1.807) is 6.08 Å². The Morgan fingerprint density at radius 3 is 1.92 bits per heavy atom. The molecule has 0 aliphatic carbocycles. The summed E-state index contributed by atoms with van der Waals surface area (Å²) in [5, 5.41) is 0. The first-order chi connectivity index (χ1) is 11.2. The summed E-state index contributed by atoms with van der Waals surface area (Å²) in [6, 6.07) is 0.